The van der Waals surface area contributed by atoms with Crippen LogP contribution in [-0.2, 0) is 0 Å². The molecule has 2 N–H and O–H groups in total. The highest BCUT2D eigenvalue weighted by molar-refractivity contribution is 5.50. The van der Waals surface area contributed by atoms with Crippen LogP contribution < -0.4 is 15.4 Å². The van der Waals surface area contributed by atoms with Crippen molar-refractivity contribution in [3.8, 4) is 5.75 Å². The van der Waals surface area contributed by atoms with Gasteiger partial charge in [0.1, 0.15) is 5.75 Å². The van der Waals surface area contributed by atoms with Gasteiger partial charge in [0.2, 0.25) is 0 Å². The molecule has 112 valence electrons. The SMILES string of the molecule is COc1cccc(N(C)CC(N)c2ccc(C)cc2C)c1. The van der Waals surface area contributed by atoms with Gasteiger partial charge in [0.25, 0.3) is 0 Å². The Hall–Kier alpha value is -2.00. The summed E-state index contributed by atoms with van der Waals surface area (Å²) in [5.74, 6) is 0.861. The Morgan fingerprint density at radius 2 is 1.90 bits per heavy atom. The second-order valence-corrected chi connectivity index (χ2v) is 5.55. The van der Waals surface area contributed by atoms with Crippen molar-refractivity contribution >= 4 is 5.69 Å². The fourth-order valence-electron chi connectivity index (χ4n) is 2.59. The predicted molar refractivity (Wildman–Crippen MR) is 89.1 cm³/mol. The van der Waals surface area contributed by atoms with Gasteiger partial charge in [-0.2, -0.15) is 0 Å². The van der Waals surface area contributed by atoms with Crippen LogP contribution in [0.4, 0.5) is 5.69 Å². The number of nitrogens with zero attached hydrogens (tertiary/aromatic N) is 1. The largest absolute Gasteiger partial charge is 0.497 e. The number of benzene rings is 2. The molecule has 2 rings (SSSR count). The van der Waals surface area contributed by atoms with E-state index in [0.29, 0.717) is 0 Å². The summed E-state index contributed by atoms with van der Waals surface area (Å²) < 4.78 is 5.27. The van der Waals surface area contributed by atoms with E-state index in [9.17, 15) is 0 Å². The molecule has 1 unspecified atom stereocenters. The van der Waals surface area contributed by atoms with Gasteiger partial charge in [-0.3, -0.25) is 0 Å². The summed E-state index contributed by atoms with van der Waals surface area (Å²) in [6.45, 7) is 4.98. The smallest absolute Gasteiger partial charge is 0.120 e. The highest BCUT2D eigenvalue weighted by Gasteiger charge is 2.12. The predicted octanol–water partition coefficient (Wildman–Crippen LogP) is 3.45. The summed E-state index contributed by atoms with van der Waals surface area (Å²) in [4.78, 5) is 2.16. The quantitative estimate of drug-likeness (QED) is 0.914. The zero-order valence-corrected chi connectivity index (χ0v) is 13.3. The van der Waals surface area contributed by atoms with Crippen LogP contribution in [0.2, 0.25) is 0 Å². The third kappa shape index (κ3) is 3.76. The first kappa shape index (κ1) is 15.4. The van der Waals surface area contributed by atoms with Gasteiger partial charge in [0.15, 0.2) is 0 Å². The number of hydrogen-bond donors (Lipinski definition) is 1. The van der Waals surface area contributed by atoms with Crippen molar-refractivity contribution < 1.29 is 4.74 Å². The number of ether oxygens (including phenoxy) is 1. The van der Waals surface area contributed by atoms with Gasteiger partial charge < -0.3 is 15.4 Å². The molecule has 0 saturated heterocycles. The third-order valence-corrected chi connectivity index (χ3v) is 3.79. The van der Waals surface area contributed by atoms with Crippen LogP contribution in [0.5, 0.6) is 5.75 Å². The maximum absolute atomic E-state index is 6.38. The van der Waals surface area contributed by atoms with E-state index in [1.165, 1.54) is 16.7 Å². The van der Waals surface area contributed by atoms with Crippen molar-refractivity contribution in [3.63, 3.8) is 0 Å². The van der Waals surface area contributed by atoms with Gasteiger partial charge >= 0.3 is 0 Å². The van der Waals surface area contributed by atoms with Crippen LogP contribution in [0, 0.1) is 13.8 Å². The van der Waals surface area contributed by atoms with E-state index in [1.807, 2.05) is 18.2 Å². The molecule has 1 atom stereocenters. The Morgan fingerprint density at radius 3 is 2.57 bits per heavy atom. The number of nitrogens with two attached hydrogens (primary N) is 1. The molecular formula is C18H24N2O. The van der Waals surface area contributed by atoms with Crippen LogP contribution in [0.15, 0.2) is 42.5 Å². The van der Waals surface area contributed by atoms with Gasteiger partial charge in [0.05, 0.1) is 7.11 Å². The van der Waals surface area contributed by atoms with Crippen molar-refractivity contribution in [2.45, 2.75) is 19.9 Å². The van der Waals surface area contributed by atoms with Gasteiger partial charge in [-0.05, 0) is 37.1 Å². The maximum atomic E-state index is 6.38. The number of hydrogen-bond acceptors (Lipinski definition) is 3. The van der Waals surface area contributed by atoms with E-state index in [0.717, 1.165) is 18.0 Å². The Bertz CT molecular complexity index is 610. The standard InChI is InChI=1S/C18H24N2O/c1-13-8-9-17(14(2)10-13)18(19)12-20(3)15-6-5-7-16(11-15)21-4/h5-11,18H,12,19H2,1-4H3. The van der Waals surface area contributed by atoms with E-state index >= 15 is 0 Å². The minimum absolute atomic E-state index is 0.0122. The maximum Gasteiger partial charge on any atom is 0.120 e. The molecule has 0 aliphatic heterocycles. The lowest BCUT2D eigenvalue weighted by atomic mass is 9.99. The van der Waals surface area contributed by atoms with Crippen molar-refractivity contribution in [2.24, 2.45) is 5.73 Å². The highest BCUT2D eigenvalue weighted by Crippen LogP contribution is 2.23. The fourth-order valence-corrected chi connectivity index (χ4v) is 2.59. The van der Waals surface area contributed by atoms with Crippen LogP contribution in [0.25, 0.3) is 0 Å². The number of methoxy groups -OCH3 is 1. The Morgan fingerprint density at radius 1 is 1.14 bits per heavy atom. The normalized spacial score (nSPS) is 12.0. The topological polar surface area (TPSA) is 38.5 Å². The lowest BCUT2D eigenvalue weighted by Gasteiger charge is -2.25. The molecule has 3 nitrogen and oxygen atoms in total. The molecular weight excluding hydrogens is 260 g/mol. The van der Waals surface area contributed by atoms with E-state index in [4.69, 9.17) is 10.5 Å². The van der Waals surface area contributed by atoms with Crippen LogP contribution in [-0.4, -0.2) is 20.7 Å². The number of rotatable bonds is 5. The van der Waals surface area contributed by atoms with Crippen molar-refractivity contribution in [1.29, 1.82) is 0 Å². The van der Waals surface area contributed by atoms with Crippen molar-refractivity contribution in [2.75, 3.05) is 25.6 Å². The van der Waals surface area contributed by atoms with Crippen molar-refractivity contribution in [3.05, 3.63) is 59.2 Å². The second kappa shape index (κ2) is 6.64. The number of aryl methyl sites for hydroxylation is 2. The first-order chi connectivity index (χ1) is 10.0. The summed E-state index contributed by atoms with van der Waals surface area (Å²) in [5, 5.41) is 0. The van der Waals surface area contributed by atoms with E-state index in [1.54, 1.807) is 7.11 Å². The van der Waals surface area contributed by atoms with Crippen LogP contribution >= 0.6 is 0 Å². The molecule has 21 heavy (non-hydrogen) atoms. The molecule has 0 spiro atoms. The minimum atomic E-state index is -0.0122. The molecule has 0 aliphatic rings. The minimum Gasteiger partial charge on any atom is -0.497 e. The molecule has 2 aromatic rings. The molecule has 0 bridgehead atoms. The molecule has 0 saturated carbocycles. The fraction of sp³-hybridized carbons (Fsp3) is 0.333. The first-order valence-corrected chi connectivity index (χ1v) is 7.19. The Kier molecular flexibility index (Phi) is 4.86. The highest BCUT2D eigenvalue weighted by atomic mass is 16.5. The van der Waals surface area contributed by atoms with E-state index in [-0.39, 0.29) is 6.04 Å². The zero-order valence-electron chi connectivity index (χ0n) is 13.3. The molecule has 0 aromatic heterocycles. The van der Waals surface area contributed by atoms with Crippen LogP contribution in [0.1, 0.15) is 22.7 Å². The summed E-state index contributed by atoms with van der Waals surface area (Å²) in [7, 11) is 3.73. The molecule has 0 radical (unpaired) electrons. The summed E-state index contributed by atoms with van der Waals surface area (Å²) in [6, 6.07) is 14.4. The van der Waals surface area contributed by atoms with Gasteiger partial charge in [-0.1, -0.05) is 29.8 Å². The number of likely N-dealkylation sites (N-methyl/N-ethyl adjacent to an activating group) is 1. The van der Waals surface area contributed by atoms with E-state index < -0.39 is 0 Å². The lowest BCUT2D eigenvalue weighted by molar-refractivity contribution is 0.415. The van der Waals surface area contributed by atoms with Gasteiger partial charge in [-0.15, -0.1) is 0 Å². The molecule has 0 amide bonds. The average Bonchev–Trinajstić information content (AvgIpc) is 2.47. The van der Waals surface area contributed by atoms with Crippen LogP contribution in [0.3, 0.4) is 0 Å². The summed E-state index contributed by atoms with van der Waals surface area (Å²) in [6.07, 6.45) is 0. The van der Waals surface area contributed by atoms with Crippen molar-refractivity contribution in [1.82, 2.24) is 0 Å². The Balaban J connectivity index is 2.12. The van der Waals surface area contributed by atoms with Gasteiger partial charge in [0, 0.05) is 31.4 Å². The Labute approximate surface area is 127 Å². The monoisotopic (exact) mass is 284 g/mol. The lowest BCUT2D eigenvalue weighted by Crippen LogP contribution is -2.29. The molecule has 0 aliphatic carbocycles. The summed E-state index contributed by atoms with van der Waals surface area (Å²) >= 11 is 0. The third-order valence-electron chi connectivity index (χ3n) is 3.79. The van der Waals surface area contributed by atoms with Gasteiger partial charge in [-0.25, -0.2) is 0 Å². The number of anilines is 1. The molecule has 0 fully saturated rings. The van der Waals surface area contributed by atoms with E-state index in [2.05, 4.69) is 50.1 Å². The molecule has 0 heterocycles. The zero-order chi connectivity index (χ0) is 15.4. The summed E-state index contributed by atoms with van der Waals surface area (Å²) in [5.41, 5.74) is 11.2. The second-order valence-electron chi connectivity index (χ2n) is 5.55. The molecule has 3 heteroatoms. The first-order valence-electron chi connectivity index (χ1n) is 7.19. The molecule has 2 aromatic carbocycles. The average molecular weight is 284 g/mol.